The lowest BCUT2D eigenvalue weighted by Crippen LogP contribution is -2.10. The van der Waals surface area contributed by atoms with E-state index in [0.717, 1.165) is 5.56 Å². The number of rotatable bonds is 3. The molecular weight excluding hydrogens is 214 g/mol. The van der Waals surface area contributed by atoms with Gasteiger partial charge in [0.25, 0.3) is 0 Å². The Kier molecular flexibility index (Phi) is 4.44. The Hall–Kier alpha value is -1.64. The van der Waals surface area contributed by atoms with Crippen LogP contribution in [0.15, 0.2) is 29.3 Å². The molecule has 0 unspecified atom stereocenters. The Bertz CT molecular complexity index is 399. The maximum Gasteiger partial charge on any atom is 0.348 e. The zero-order chi connectivity index (χ0) is 12.9. The average Bonchev–Trinajstić information content (AvgIpc) is 2.28. The molecule has 1 rings (SSSR count). The number of ether oxygens (including phenoxy) is 1. The fourth-order valence-electron chi connectivity index (χ4n) is 1.39. The molecular formula is C14H19NO2. The minimum Gasteiger partial charge on any atom is -0.465 e. The van der Waals surface area contributed by atoms with Crippen LogP contribution in [0.3, 0.4) is 0 Å². The van der Waals surface area contributed by atoms with E-state index in [2.05, 4.69) is 42.6 Å². The topological polar surface area (TPSA) is 38.7 Å². The molecule has 0 aliphatic carbocycles. The predicted octanol–water partition coefficient (Wildman–Crippen LogP) is 2.73. The van der Waals surface area contributed by atoms with Gasteiger partial charge in [-0.15, -0.1) is 0 Å². The number of nitrogens with zero attached hydrogens (tertiary/aromatic N) is 1. The molecule has 3 nitrogen and oxygen atoms in total. The third-order valence-corrected chi connectivity index (χ3v) is 2.49. The molecule has 0 heterocycles. The first-order valence-corrected chi connectivity index (χ1v) is 5.60. The highest BCUT2D eigenvalue weighted by molar-refractivity contribution is 6.23. The number of hydrogen-bond acceptors (Lipinski definition) is 3. The van der Waals surface area contributed by atoms with E-state index in [1.807, 2.05) is 12.1 Å². The molecule has 0 spiro atoms. The number of aliphatic imine (C=N–C) groups is 1. The van der Waals surface area contributed by atoms with Gasteiger partial charge in [-0.25, -0.2) is 4.79 Å². The third-order valence-electron chi connectivity index (χ3n) is 2.49. The van der Waals surface area contributed by atoms with Crippen molar-refractivity contribution in [2.45, 2.75) is 32.7 Å². The second-order valence-electron chi connectivity index (χ2n) is 4.94. The van der Waals surface area contributed by atoms with Gasteiger partial charge >= 0.3 is 5.97 Å². The van der Waals surface area contributed by atoms with Crippen LogP contribution in [-0.4, -0.2) is 19.3 Å². The van der Waals surface area contributed by atoms with Crippen LogP contribution in [0.5, 0.6) is 0 Å². The largest absolute Gasteiger partial charge is 0.465 e. The molecule has 0 amide bonds. The maximum absolute atomic E-state index is 10.8. The van der Waals surface area contributed by atoms with Gasteiger partial charge in [-0.2, -0.15) is 0 Å². The molecule has 1 aromatic carbocycles. The van der Waals surface area contributed by atoms with E-state index in [-0.39, 0.29) is 5.41 Å². The molecule has 17 heavy (non-hydrogen) atoms. The molecule has 0 bridgehead atoms. The summed E-state index contributed by atoms with van der Waals surface area (Å²) in [6.07, 6.45) is 1.21. The summed E-state index contributed by atoms with van der Waals surface area (Å²) in [6, 6.07) is 8.27. The average molecular weight is 233 g/mol. The van der Waals surface area contributed by atoms with Gasteiger partial charge in [0, 0.05) is 0 Å². The standard InChI is InChI=1S/C14H19NO2/c1-14(2,3)12-7-5-11(6-8-12)9-15-10-13(16)17-4/h5-8,10H,9H2,1-4H3. The predicted molar refractivity (Wildman–Crippen MR) is 69.4 cm³/mol. The van der Waals surface area contributed by atoms with Crippen LogP contribution in [0.25, 0.3) is 0 Å². The van der Waals surface area contributed by atoms with E-state index >= 15 is 0 Å². The van der Waals surface area contributed by atoms with Crippen LogP contribution in [-0.2, 0) is 21.5 Å². The molecule has 0 atom stereocenters. The lowest BCUT2D eigenvalue weighted by Gasteiger charge is -2.18. The molecule has 1 aromatic rings. The Morgan fingerprint density at radius 3 is 2.35 bits per heavy atom. The van der Waals surface area contributed by atoms with E-state index < -0.39 is 5.97 Å². The Balaban J connectivity index is 2.63. The van der Waals surface area contributed by atoms with Gasteiger partial charge in [0.2, 0.25) is 0 Å². The zero-order valence-corrected chi connectivity index (χ0v) is 10.9. The Morgan fingerprint density at radius 1 is 1.29 bits per heavy atom. The molecule has 0 aliphatic rings. The first-order valence-electron chi connectivity index (χ1n) is 5.60. The molecule has 3 heteroatoms. The molecule has 0 radical (unpaired) electrons. The quantitative estimate of drug-likeness (QED) is 0.594. The van der Waals surface area contributed by atoms with Crippen molar-refractivity contribution in [1.29, 1.82) is 0 Å². The van der Waals surface area contributed by atoms with Gasteiger partial charge in [-0.3, -0.25) is 4.99 Å². The van der Waals surface area contributed by atoms with Crippen molar-refractivity contribution in [1.82, 2.24) is 0 Å². The summed E-state index contributed by atoms with van der Waals surface area (Å²) in [4.78, 5) is 14.8. The van der Waals surface area contributed by atoms with E-state index in [1.54, 1.807) is 0 Å². The van der Waals surface area contributed by atoms with E-state index in [0.29, 0.717) is 6.54 Å². The monoisotopic (exact) mass is 233 g/mol. The summed E-state index contributed by atoms with van der Waals surface area (Å²) in [5, 5.41) is 0. The Labute approximate surface area is 103 Å². The van der Waals surface area contributed by atoms with E-state index in [1.165, 1.54) is 18.9 Å². The second kappa shape index (κ2) is 5.62. The van der Waals surface area contributed by atoms with Crippen molar-refractivity contribution < 1.29 is 9.53 Å². The van der Waals surface area contributed by atoms with Gasteiger partial charge in [0.15, 0.2) is 0 Å². The summed E-state index contributed by atoms with van der Waals surface area (Å²) >= 11 is 0. The third kappa shape index (κ3) is 4.39. The van der Waals surface area contributed by atoms with Crippen LogP contribution < -0.4 is 0 Å². The minimum atomic E-state index is -0.420. The first kappa shape index (κ1) is 13.4. The highest BCUT2D eigenvalue weighted by atomic mass is 16.5. The highest BCUT2D eigenvalue weighted by Gasteiger charge is 2.12. The summed E-state index contributed by atoms with van der Waals surface area (Å²) in [7, 11) is 1.34. The Morgan fingerprint density at radius 2 is 1.88 bits per heavy atom. The van der Waals surface area contributed by atoms with Gasteiger partial charge in [-0.1, -0.05) is 45.0 Å². The van der Waals surface area contributed by atoms with Gasteiger partial charge in [0.1, 0.15) is 6.21 Å². The van der Waals surface area contributed by atoms with Crippen molar-refractivity contribution in [2.75, 3.05) is 7.11 Å². The lowest BCUT2D eigenvalue weighted by atomic mass is 9.87. The van der Waals surface area contributed by atoms with Crippen molar-refractivity contribution in [2.24, 2.45) is 4.99 Å². The second-order valence-corrected chi connectivity index (χ2v) is 4.94. The van der Waals surface area contributed by atoms with Crippen molar-refractivity contribution in [3.63, 3.8) is 0 Å². The molecule has 0 fully saturated rings. The molecule has 92 valence electrons. The highest BCUT2D eigenvalue weighted by Crippen LogP contribution is 2.22. The molecule has 0 saturated carbocycles. The van der Waals surface area contributed by atoms with Crippen molar-refractivity contribution in [3.8, 4) is 0 Å². The fourth-order valence-corrected chi connectivity index (χ4v) is 1.39. The lowest BCUT2D eigenvalue weighted by molar-refractivity contribution is -0.132. The molecule has 0 aliphatic heterocycles. The number of methoxy groups -OCH3 is 1. The van der Waals surface area contributed by atoms with E-state index in [9.17, 15) is 4.79 Å². The van der Waals surface area contributed by atoms with Gasteiger partial charge in [0.05, 0.1) is 13.7 Å². The number of esters is 1. The zero-order valence-electron chi connectivity index (χ0n) is 10.9. The van der Waals surface area contributed by atoms with Crippen LogP contribution >= 0.6 is 0 Å². The van der Waals surface area contributed by atoms with Crippen LogP contribution in [0.2, 0.25) is 0 Å². The smallest absolute Gasteiger partial charge is 0.348 e. The normalized spacial score (nSPS) is 11.8. The van der Waals surface area contributed by atoms with Crippen LogP contribution in [0, 0.1) is 0 Å². The molecule has 0 saturated heterocycles. The summed E-state index contributed by atoms with van der Waals surface area (Å²) < 4.78 is 4.46. The number of carbonyl (C=O) groups is 1. The SMILES string of the molecule is COC(=O)C=NCc1ccc(C(C)(C)C)cc1. The summed E-state index contributed by atoms with van der Waals surface area (Å²) in [5.41, 5.74) is 2.53. The summed E-state index contributed by atoms with van der Waals surface area (Å²) in [6.45, 7) is 7.03. The van der Waals surface area contributed by atoms with Gasteiger partial charge < -0.3 is 4.74 Å². The van der Waals surface area contributed by atoms with Crippen molar-refractivity contribution >= 4 is 12.2 Å². The number of carbonyl (C=O) groups excluding carboxylic acids is 1. The fraction of sp³-hybridized carbons (Fsp3) is 0.429. The molecule has 0 N–H and O–H groups in total. The number of hydrogen-bond donors (Lipinski definition) is 0. The van der Waals surface area contributed by atoms with Crippen LogP contribution in [0.4, 0.5) is 0 Å². The van der Waals surface area contributed by atoms with E-state index in [4.69, 9.17) is 0 Å². The van der Waals surface area contributed by atoms with Crippen molar-refractivity contribution in [3.05, 3.63) is 35.4 Å². The number of benzene rings is 1. The van der Waals surface area contributed by atoms with Gasteiger partial charge in [-0.05, 0) is 16.5 Å². The maximum atomic E-state index is 10.8. The van der Waals surface area contributed by atoms with Crippen LogP contribution in [0.1, 0.15) is 31.9 Å². The summed E-state index contributed by atoms with van der Waals surface area (Å²) in [5.74, 6) is -0.420. The molecule has 0 aromatic heterocycles. The minimum absolute atomic E-state index is 0.161. The first-order chi connectivity index (χ1) is 7.93.